The van der Waals surface area contributed by atoms with Crippen molar-refractivity contribution in [1.29, 1.82) is 0 Å². The first-order valence-corrected chi connectivity index (χ1v) is 10.4. The van der Waals surface area contributed by atoms with Gasteiger partial charge in [-0.1, -0.05) is 47.1 Å². The van der Waals surface area contributed by atoms with Crippen LogP contribution in [0.5, 0.6) is 0 Å². The maximum absolute atomic E-state index is 6.11. The largest absolute Gasteiger partial charge is 0.370 e. The molecule has 2 aliphatic heterocycles. The lowest BCUT2D eigenvalue weighted by molar-refractivity contribution is 0.809. The van der Waals surface area contributed by atoms with Crippen LogP contribution in [0.25, 0.3) is 0 Å². The van der Waals surface area contributed by atoms with E-state index in [9.17, 15) is 0 Å². The minimum Gasteiger partial charge on any atom is -0.370 e. The highest BCUT2D eigenvalue weighted by Crippen LogP contribution is 2.36. The molecule has 28 heavy (non-hydrogen) atoms. The average molecular weight is 550 g/mol. The zero-order valence-corrected chi connectivity index (χ0v) is 20.3. The van der Waals surface area contributed by atoms with E-state index in [1.54, 1.807) is 11.8 Å². The quantitative estimate of drug-likeness (QED) is 0.337. The molecule has 0 amide bonds. The molecular weight excluding hydrogens is 528 g/mol. The molecule has 9 heteroatoms. The highest BCUT2D eigenvalue weighted by molar-refractivity contribution is 14.0. The number of nitrogens with two attached hydrogens (primary N) is 1. The maximum Gasteiger partial charge on any atom is 0.193 e. The number of halogens is 3. The lowest BCUT2D eigenvalue weighted by atomic mass is 10.1. The number of fused-ring (bicyclic) bond motifs is 2. The van der Waals surface area contributed by atoms with Gasteiger partial charge in [0.25, 0.3) is 0 Å². The van der Waals surface area contributed by atoms with Gasteiger partial charge in [-0.05, 0) is 44.4 Å². The van der Waals surface area contributed by atoms with Crippen molar-refractivity contribution in [3.05, 3.63) is 57.6 Å². The Balaban J connectivity index is 0.000000194. The van der Waals surface area contributed by atoms with Gasteiger partial charge in [0.05, 0.1) is 12.1 Å². The van der Waals surface area contributed by atoms with Gasteiger partial charge in [0.2, 0.25) is 0 Å². The van der Waals surface area contributed by atoms with Crippen LogP contribution in [0.2, 0.25) is 10.0 Å². The second-order valence-electron chi connectivity index (χ2n) is 6.16. The van der Waals surface area contributed by atoms with Crippen LogP contribution in [0.4, 0.5) is 11.4 Å². The molecule has 150 valence electrons. The molecule has 2 heterocycles. The van der Waals surface area contributed by atoms with Crippen LogP contribution in [0.1, 0.15) is 37.1 Å². The van der Waals surface area contributed by atoms with Gasteiger partial charge in [-0.15, -0.1) is 24.0 Å². The van der Waals surface area contributed by atoms with Gasteiger partial charge >= 0.3 is 0 Å². The Labute approximate surface area is 196 Å². The van der Waals surface area contributed by atoms with Crippen LogP contribution in [-0.4, -0.2) is 17.4 Å². The van der Waals surface area contributed by atoms with Gasteiger partial charge in [0.1, 0.15) is 0 Å². The van der Waals surface area contributed by atoms with Crippen LogP contribution < -0.4 is 16.4 Å². The Morgan fingerprint density at radius 3 is 1.93 bits per heavy atom. The van der Waals surface area contributed by atoms with Gasteiger partial charge in [0, 0.05) is 32.5 Å². The van der Waals surface area contributed by atoms with E-state index in [2.05, 4.69) is 27.5 Å². The smallest absolute Gasteiger partial charge is 0.193 e. The molecule has 2 atom stereocenters. The average Bonchev–Trinajstić information content (AvgIpc) is 2.61. The number of nitrogens with zero attached hydrogens (tertiary/aromatic N) is 2. The fraction of sp³-hybridized carbons (Fsp3) is 0.263. The second-order valence-corrected chi connectivity index (χ2v) is 7.77. The van der Waals surface area contributed by atoms with E-state index >= 15 is 0 Å². The number of aliphatic imine (C=N–C) groups is 2. The molecule has 4 rings (SSSR count). The number of benzene rings is 2. The summed E-state index contributed by atoms with van der Waals surface area (Å²) in [5, 5.41) is 8.69. The number of nitrogens with one attached hydrogen (secondary N) is 2. The predicted octanol–water partition coefficient (Wildman–Crippen LogP) is 6.30. The van der Waals surface area contributed by atoms with Gasteiger partial charge in [-0.3, -0.25) is 4.99 Å². The highest BCUT2D eigenvalue weighted by atomic mass is 127. The molecule has 0 spiro atoms. The third-order valence-electron chi connectivity index (χ3n) is 4.28. The highest BCUT2D eigenvalue weighted by Gasteiger charge is 2.20. The molecule has 4 N–H and O–H groups in total. The van der Waals surface area contributed by atoms with Gasteiger partial charge < -0.3 is 16.4 Å². The number of rotatable bonds is 0. The molecule has 2 unspecified atom stereocenters. The minimum atomic E-state index is 0. The zero-order valence-electron chi connectivity index (χ0n) is 15.7. The molecule has 0 aliphatic carbocycles. The van der Waals surface area contributed by atoms with Crippen LogP contribution in [0, 0.1) is 0 Å². The fourth-order valence-corrected chi connectivity index (χ4v) is 4.22. The van der Waals surface area contributed by atoms with E-state index in [4.69, 9.17) is 28.9 Å². The zero-order chi connectivity index (χ0) is 19.6. The van der Waals surface area contributed by atoms with Crippen LogP contribution in [0.3, 0.4) is 0 Å². The molecular formula is C19H22Cl2IN5S. The summed E-state index contributed by atoms with van der Waals surface area (Å²) < 4.78 is 0. The monoisotopic (exact) mass is 549 g/mol. The summed E-state index contributed by atoms with van der Waals surface area (Å²) >= 11 is 13.8. The van der Waals surface area contributed by atoms with E-state index in [1.165, 1.54) is 0 Å². The Morgan fingerprint density at radius 2 is 1.39 bits per heavy atom. The first kappa shape index (κ1) is 23.1. The fourth-order valence-electron chi connectivity index (χ4n) is 3.08. The molecule has 0 radical (unpaired) electrons. The first-order valence-electron chi connectivity index (χ1n) is 8.46. The SMILES string of the molecule is CC1N=C(N)Nc2cccc(Cl)c21.CSC1=NC(C)c2c(Cl)cccc2N1.I. The van der Waals surface area contributed by atoms with Crippen LogP contribution in [-0.2, 0) is 0 Å². The summed E-state index contributed by atoms with van der Waals surface area (Å²) in [6.07, 6.45) is 2.01. The van der Waals surface area contributed by atoms with Crippen molar-refractivity contribution in [3.63, 3.8) is 0 Å². The number of anilines is 2. The second kappa shape index (κ2) is 10.0. The number of guanidine groups is 1. The van der Waals surface area contributed by atoms with Gasteiger partial charge in [-0.25, -0.2) is 4.99 Å². The molecule has 0 saturated carbocycles. The molecule has 2 aromatic carbocycles. The molecule has 0 aromatic heterocycles. The summed E-state index contributed by atoms with van der Waals surface area (Å²) in [4.78, 5) is 8.67. The molecule has 0 bridgehead atoms. The molecule has 2 aliphatic rings. The third kappa shape index (κ3) is 5.06. The molecule has 5 nitrogen and oxygen atoms in total. The van der Waals surface area contributed by atoms with E-state index < -0.39 is 0 Å². The van der Waals surface area contributed by atoms with Gasteiger partial charge in [-0.2, -0.15) is 0 Å². The minimum absolute atomic E-state index is 0. The van der Waals surface area contributed by atoms with Crippen LogP contribution >= 0.6 is 58.9 Å². The summed E-state index contributed by atoms with van der Waals surface area (Å²) in [5.41, 5.74) is 9.71. The number of hydrogen-bond donors (Lipinski definition) is 3. The Kier molecular flexibility index (Phi) is 8.30. The van der Waals surface area contributed by atoms with Crippen molar-refractivity contribution < 1.29 is 0 Å². The van der Waals surface area contributed by atoms with E-state index in [-0.39, 0.29) is 36.1 Å². The first-order chi connectivity index (χ1) is 12.9. The molecule has 0 saturated heterocycles. The summed E-state index contributed by atoms with van der Waals surface area (Å²) in [6, 6.07) is 11.7. The van der Waals surface area contributed by atoms with E-state index in [1.807, 2.05) is 49.6 Å². The number of thioether (sulfide) groups is 1. The summed E-state index contributed by atoms with van der Waals surface area (Å²) in [7, 11) is 0. The predicted molar refractivity (Wildman–Crippen MR) is 135 cm³/mol. The van der Waals surface area contributed by atoms with Gasteiger partial charge in [0.15, 0.2) is 11.1 Å². The number of hydrogen-bond acceptors (Lipinski definition) is 6. The van der Waals surface area contributed by atoms with E-state index in [0.29, 0.717) is 5.96 Å². The molecule has 0 fully saturated rings. The summed E-state index contributed by atoms with van der Waals surface area (Å²) in [6.45, 7) is 4.03. The summed E-state index contributed by atoms with van der Waals surface area (Å²) in [5.74, 6) is 0.447. The van der Waals surface area contributed by atoms with Crippen LogP contribution in [0.15, 0.2) is 46.4 Å². The Hall–Kier alpha value is -1.16. The lowest BCUT2D eigenvalue weighted by Crippen LogP contribution is -2.27. The van der Waals surface area contributed by atoms with E-state index in [0.717, 1.165) is 37.7 Å². The van der Waals surface area contributed by atoms with Crippen molar-refractivity contribution in [3.8, 4) is 0 Å². The third-order valence-corrected chi connectivity index (χ3v) is 5.54. The van der Waals surface area contributed by atoms with Crippen molar-refractivity contribution >= 4 is 81.4 Å². The standard InChI is InChI=1S/C10H11ClN2S.C9H10ClN3.HI/c1-6-9-7(11)4-3-5-8(9)13-10(12-6)14-2;1-5-8-6(10)3-2-4-7(8)13-9(11)12-5;/h3-6H,1-2H3,(H,12,13);2-5H,1H3,(H3,11,12,13);1H. The van der Waals surface area contributed by atoms with Crippen molar-refractivity contribution in [2.75, 3.05) is 16.9 Å². The Morgan fingerprint density at radius 1 is 0.893 bits per heavy atom. The van der Waals surface area contributed by atoms with Crippen molar-refractivity contribution in [1.82, 2.24) is 0 Å². The van der Waals surface area contributed by atoms with Crippen molar-refractivity contribution in [2.45, 2.75) is 25.9 Å². The molecule has 2 aromatic rings. The topological polar surface area (TPSA) is 74.8 Å². The lowest BCUT2D eigenvalue weighted by Gasteiger charge is -2.22. The Bertz CT molecular complexity index is 919. The maximum atomic E-state index is 6.11. The van der Waals surface area contributed by atoms with Crippen molar-refractivity contribution in [2.24, 2.45) is 15.7 Å². The number of amidine groups is 1. The normalized spacial score (nSPS) is 19.2.